The van der Waals surface area contributed by atoms with Crippen LogP contribution in [0, 0.1) is 0 Å². The number of fused-ring (bicyclic) bond motifs is 2. The Hall–Kier alpha value is -4.89. The number of carboxylic acids is 1. The number of hydrogen-bond donors (Lipinski definition) is 1. The number of furan rings is 1. The van der Waals surface area contributed by atoms with Crippen molar-refractivity contribution in [3.05, 3.63) is 99.8 Å². The molecule has 41 heavy (non-hydrogen) atoms. The van der Waals surface area contributed by atoms with Gasteiger partial charge in [0.2, 0.25) is 5.82 Å². The number of carboxylic acid groups (broad SMARTS) is 1. The number of carbonyl (C=O) groups is 1. The van der Waals surface area contributed by atoms with Gasteiger partial charge in [-0.25, -0.2) is 9.78 Å². The van der Waals surface area contributed by atoms with E-state index in [1.54, 1.807) is 66.7 Å². The second-order valence-corrected chi connectivity index (χ2v) is 9.57. The molecule has 1 N–H and O–H groups in total. The third-order valence-electron chi connectivity index (χ3n) is 6.24. The van der Waals surface area contributed by atoms with Crippen LogP contribution in [-0.4, -0.2) is 39.7 Å². The molecule has 0 aliphatic rings. The first-order chi connectivity index (χ1) is 19.8. The Morgan fingerprint density at radius 2 is 2.02 bits per heavy atom. The monoisotopic (exact) mass is 571 g/mol. The number of benzene rings is 3. The smallest absolute Gasteiger partial charge is 0.344 e. The largest absolute Gasteiger partial charge is 0.490 e. The summed E-state index contributed by atoms with van der Waals surface area (Å²) in [6.45, 7) is 7.37. The third-order valence-corrected chi connectivity index (χ3v) is 6.47. The molecule has 1 atom stereocenters. The van der Waals surface area contributed by atoms with Crippen molar-refractivity contribution in [1.82, 2.24) is 9.66 Å². The van der Waals surface area contributed by atoms with Gasteiger partial charge in [0, 0.05) is 16.0 Å². The van der Waals surface area contributed by atoms with Crippen molar-refractivity contribution < 1.29 is 23.8 Å². The van der Waals surface area contributed by atoms with E-state index in [-0.39, 0.29) is 11.4 Å². The first-order valence-electron chi connectivity index (χ1n) is 12.8. The first-order valence-corrected chi connectivity index (χ1v) is 13.2. The molecule has 0 saturated carbocycles. The number of aromatic nitrogens is 2. The molecule has 0 aliphatic heterocycles. The van der Waals surface area contributed by atoms with Crippen molar-refractivity contribution >= 4 is 45.7 Å². The molecule has 0 amide bonds. The maximum absolute atomic E-state index is 13.6. The number of allylic oxidation sites excluding steroid dienone is 1. The second kappa shape index (κ2) is 11.7. The average molecular weight is 572 g/mol. The van der Waals surface area contributed by atoms with Gasteiger partial charge in [0.25, 0.3) is 5.56 Å². The Bertz CT molecular complexity index is 1870. The molecule has 0 radical (unpaired) electrons. The Morgan fingerprint density at radius 1 is 1.22 bits per heavy atom. The molecule has 2 aromatic heterocycles. The number of para-hydroxylation sites is 1. The van der Waals surface area contributed by atoms with Gasteiger partial charge in [-0.05, 0) is 74.4 Å². The summed E-state index contributed by atoms with van der Waals surface area (Å²) >= 11 is 6.16. The average Bonchev–Trinajstić information content (AvgIpc) is 3.37. The maximum Gasteiger partial charge on any atom is 0.344 e. The van der Waals surface area contributed by atoms with Gasteiger partial charge in [0.05, 0.1) is 23.7 Å². The minimum absolute atomic E-state index is 0.212. The topological polar surface area (TPSA) is 116 Å². The van der Waals surface area contributed by atoms with Gasteiger partial charge in [-0.1, -0.05) is 29.8 Å². The van der Waals surface area contributed by atoms with Crippen molar-refractivity contribution in [3.8, 4) is 23.1 Å². The van der Waals surface area contributed by atoms with Gasteiger partial charge in [0.1, 0.15) is 5.58 Å². The lowest BCUT2D eigenvalue weighted by Gasteiger charge is -2.18. The van der Waals surface area contributed by atoms with Crippen LogP contribution in [-0.2, 0) is 11.2 Å². The fourth-order valence-electron chi connectivity index (χ4n) is 4.33. The van der Waals surface area contributed by atoms with Crippen LogP contribution in [0.5, 0.6) is 11.5 Å². The molecule has 0 fully saturated rings. The van der Waals surface area contributed by atoms with Crippen LogP contribution in [0.25, 0.3) is 33.5 Å². The number of aliphatic carboxylic acids is 1. The summed E-state index contributed by atoms with van der Waals surface area (Å²) in [5.41, 5.74) is 1.94. The van der Waals surface area contributed by atoms with Gasteiger partial charge in [-0.2, -0.15) is 9.78 Å². The third kappa shape index (κ3) is 5.71. The van der Waals surface area contributed by atoms with E-state index < -0.39 is 12.1 Å². The molecule has 10 heteroatoms. The molecule has 9 nitrogen and oxygen atoms in total. The molecule has 2 heterocycles. The van der Waals surface area contributed by atoms with Crippen molar-refractivity contribution in [2.75, 3.05) is 6.61 Å². The van der Waals surface area contributed by atoms with Crippen LogP contribution in [0.15, 0.2) is 87.6 Å². The second-order valence-electron chi connectivity index (χ2n) is 9.14. The zero-order valence-electron chi connectivity index (χ0n) is 22.3. The van der Waals surface area contributed by atoms with Crippen LogP contribution in [0.2, 0.25) is 5.02 Å². The van der Waals surface area contributed by atoms with Crippen molar-refractivity contribution in [3.63, 3.8) is 0 Å². The summed E-state index contributed by atoms with van der Waals surface area (Å²) in [5.74, 6) is 0.107. The van der Waals surface area contributed by atoms with Crippen LogP contribution < -0.4 is 15.0 Å². The van der Waals surface area contributed by atoms with Gasteiger partial charge in [-0.3, -0.25) is 4.79 Å². The Labute approximate surface area is 239 Å². The van der Waals surface area contributed by atoms with E-state index in [0.717, 1.165) is 5.39 Å². The lowest BCUT2D eigenvalue weighted by atomic mass is 10.1. The van der Waals surface area contributed by atoms with E-state index in [1.165, 1.54) is 17.8 Å². The van der Waals surface area contributed by atoms with E-state index in [0.29, 0.717) is 62.9 Å². The molecular weight excluding hydrogens is 546 g/mol. The van der Waals surface area contributed by atoms with E-state index in [9.17, 15) is 14.7 Å². The predicted octanol–water partition coefficient (Wildman–Crippen LogP) is 6.32. The number of rotatable bonds is 10. The van der Waals surface area contributed by atoms with Gasteiger partial charge in [-0.15, -0.1) is 6.58 Å². The molecule has 5 aromatic rings. The normalized spacial score (nSPS) is 12.2. The fraction of sp³-hybridized carbons (Fsp3) is 0.161. The van der Waals surface area contributed by atoms with E-state index in [1.807, 2.05) is 6.92 Å². The number of nitrogens with zero attached hydrogens (tertiary/aromatic N) is 3. The van der Waals surface area contributed by atoms with E-state index in [4.69, 9.17) is 30.5 Å². The molecule has 0 aliphatic carbocycles. The summed E-state index contributed by atoms with van der Waals surface area (Å²) in [7, 11) is 0. The molecule has 208 valence electrons. The lowest BCUT2D eigenvalue weighted by molar-refractivity contribution is -0.144. The highest BCUT2D eigenvalue weighted by Gasteiger charge is 2.20. The molecule has 0 unspecified atom stereocenters. The van der Waals surface area contributed by atoms with Crippen LogP contribution >= 0.6 is 11.6 Å². The first kappa shape index (κ1) is 27.7. The highest BCUT2D eigenvalue weighted by molar-refractivity contribution is 6.31. The van der Waals surface area contributed by atoms with Gasteiger partial charge in [0.15, 0.2) is 23.4 Å². The van der Waals surface area contributed by atoms with E-state index >= 15 is 0 Å². The SMILES string of the molecule is C=CCc1cc(C=Nn2c(-c3cc4cc(Cl)ccc4o3)nc3ccccc3c2=O)cc(OCC)c1O[C@@H](C)C(=O)O. The van der Waals surface area contributed by atoms with Crippen molar-refractivity contribution in [2.24, 2.45) is 5.10 Å². The summed E-state index contributed by atoms with van der Waals surface area (Å²) in [6.07, 6.45) is 2.46. The number of hydrogen-bond acceptors (Lipinski definition) is 7. The van der Waals surface area contributed by atoms with Crippen LogP contribution in [0.3, 0.4) is 0 Å². The zero-order valence-corrected chi connectivity index (χ0v) is 23.1. The maximum atomic E-state index is 13.6. The minimum atomic E-state index is -1.11. The zero-order chi connectivity index (χ0) is 29.1. The van der Waals surface area contributed by atoms with Gasteiger partial charge >= 0.3 is 5.97 Å². The van der Waals surface area contributed by atoms with E-state index in [2.05, 4.69) is 11.7 Å². The summed E-state index contributed by atoms with van der Waals surface area (Å²) in [4.78, 5) is 29.8. The molecule has 0 spiro atoms. The fourth-order valence-corrected chi connectivity index (χ4v) is 4.51. The Balaban J connectivity index is 1.66. The Morgan fingerprint density at radius 3 is 2.78 bits per heavy atom. The molecule has 0 bridgehead atoms. The lowest BCUT2D eigenvalue weighted by Crippen LogP contribution is -2.24. The molecule has 3 aromatic carbocycles. The van der Waals surface area contributed by atoms with Crippen molar-refractivity contribution in [2.45, 2.75) is 26.4 Å². The Kier molecular flexibility index (Phi) is 7.89. The van der Waals surface area contributed by atoms with Crippen LogP contribution in [0.1, 0.15) is 25.0 Å². The summed E-state index contributed by atoms with van der Waals surface area (Å²) < 4.78 is 18.7. The quantitative estimate of drug-likeness (QED) is 0.154. The standard InChI is InChI=1S/C31H26ClN3O6/c1-4-8-20-13-19(14-26(39-5-2)28(20)40-18(3)31(37)38)17-33-35-29(34-24-10-7-6-9-23(24)30(35)36)27-16-21-15-22(32)11-12-25(21)41-27/h4,6-7,9-18H,1,5,8H2,2-3H3,(H,37,38)/t18-/m0/s1. The highest BCUT2D eigenvalue weighted by Crippen LogP contribution is 2.35. The molecule has 5 rings (SSSR count). The summed E-state index contributed by atoms with van der Waals surface area (Å²) in [6, 6.07) is 17.4. The molecule has 0 saturated heterocycles. The van der Waals surface area contributed by atoms with Crippen LogP contribution in [0.4, 0.5) is 0 Å². The van der Waals surface area contributed by atoms with Gasteiger partial charge < -0.3 is 19.0 Å². The minimum Gasteiger partial charge on any atom is -0.490 e. The highest BCUT2D eigenvalue weighted by atomic mass is 35.5. The predicted molar refractivity (Wildman–Crippen MR) is 158 cm³/mol. The summed E-state index contributed by atoms with van der Waals surface area (Å²) in [5, 5.41) is 15.6. The number of halogens is 1. The molecular formula is C31H26ClN3O6. The number of ether oxygens (including phenoxy) is 2. The van der Waals surface area contributed by atoms with Crippen molar-refractivity contribution in [1.29, 1.82) is 0 Å².